The van der Waals surface area contributed by atoms with Gasteiger partial charge in [-0.05, 0) is 32.9 Å². The molecule has 3 rings (SSSR count). The number of rotatable bonds is 6. The van der Waals surface area contributed by atoms with Crippen LogP contribution < -0.4 is 0 Å². The molecule has 0 atom stereocenters. The van der Waals surface area contributed by atoms with Crippen molar-refractivity contribution >= 4 is 17.2 Å². The molecule has 0 aromatic carbocycles. The summed E-state index contributed by atoms with van der Waals surface area (Å²) in [6.45, 7) is 7.93. The Morgan fingerprint density at radius 1 is 1.33 bits per heavy atom. The van der Waals surface area contributed by atoms with E-state index in [2.05, 4.69) is 21.8 Å². The van der Waals surface area contributed by atoms with E-state index in [1.54, 1.807) is 5.51 Å². The molecule has 6 nitrogen and oxygen atoms in total. The Morgan fingerprint density at radius 2 is 2.08 bits per heavy atom. The summed E-state index contributed by atoms with van der Waals surface area (Å²) in [6, 6.07) is 0.292. The number of ether oxygens (including phenoxy) is 1. The number of aromatic nitrogens is 1. The number of carbonyl (C=O) groups is 1. The van der Waals surface area contributed by atoms with E-state index < -0.39 is 0 Å². The number of likely N-dealkylation sites (N-methyl/N-ethyl adjacent to an activating group) is 1. The van der Waals surface area contributed by atoms with E-state index in [9.17, 15) is 4.79 Å². The minimum absolute atomic E-state index is 0.0847. The van der Waals surface area contributed by atoms with Crippen LogP contribution >= 0.6 is 11.3 Å². The van der Waals surface area contributed by atoms with Crippen molar-refractivity contribution in [3.8, 4) is 0 Å². The molecular formula is C17H28N4O2S. The fourth-order valence-corrected chi connectivity index (χ4v) is 3.97. The first-order valence-corrected chi connectivity index (χ1v) is 9.86. The number of piperazine rings is 1. The first-order chi connectivity index (χ1) is 11.7. The van der Waals surface area contributed by atoms with Gasteiger partial charge in [0.2, 0.25) is 0 Å². The minimum atomic E-state index is 0.0847. The molecule has 2 fully saturated rings. The molecule has 2 saturated heterocycles. The molecule has 134 valence electrons. The van der Waals surface area contributed by atoms with Crippen LogP contribution in [0.1, 0.15) is 29.8 Å². The standard InChI is InChI=1S/C17H28N4O2S/c1-19-7-9-20(10-8-19)5-2-6-21(15-3-11-23-12-4-15)17(22)16-13-24-14-18-16/h13-15H,2-12H2,1H3. The number of hydrogen-bond acceptors (Lipinski definition) is 6. The summed E-state index contributed by atoms with van der Waals surface area (Å²) in [4.78, 5) is 24.0. The van der Waals surface area contributed by atoms with E-state index in [4.69, 9.17) is 4.74 Å². The van der Waals surface area contributed by atoms with Gasteiger partial charge in [-0.1, -0.05) is 0 Å². The quantitative estimate of drug-likeness (QED) is 0.775. The van der Waals surface area contributed by atoms with Gasteiger partial charge in [0.25, 0.3) is 5.91 Å². The largest absolute Gasteiger partial charge is 0.381 e. The van der Waals surface area contributed by atoms with Gasteiger partial charge in [0.05, 0.1) is 5.51 Å². The van der Waals surface area contributed by atoms with Gasteiger partial charge < -0.3 is 19.4 Å². The molecule has 0 spiro atoms. The molecule has 0 aliphatic carbocycles. The van der Waals surface area contributed by atoms with Crippen molar-refractivity contribution in [1.29, 1.82) is 0 Å². The molecule has 2 aliphatic rings. The second-order valence-corrected chi connectivity index (χ2v) is 7.43. The monoisotopic (exact) mass is 352 g/mol. The van der Waals surface area contributed by atoms with Gasteiger partial charge >= 0.3 is 0 Å². The molecule has 0 unspecified atom stereocenters. The highest BCUT2D eigenvalue weighted by Gasteiger charge is 2.27. The van der Waals surface area contributed by atoms with Crippen LogP contribution in [0.2, 0.25) is 0 Å². The number of nitrogens with zero attached hydrogens (tertiary/aromatic N) is 4. The van der Waals surface area contributed by atoms with Crippen LogP contribution in [0.5, 0.6) is 0 Å². The number of amides is 1. The van der Waals surface area contributed by atoms with Gasteiger partial charge in [-0.25, -0.2) is 4.98 Å². The summed E-state index contributed by atoms with van der Waals surface area (Å²) < 4.78 is 5.47. The average molecular weight is 353 g/mol. The molecule has 1 amide bonds. The highest BCUT2D eigenvalue weighted by atomic mass is 32.1. The van der Waals surface area contributed by atoms with Crippen LogP contribution in [0, 0.1) is 0 Å². The highest BCUT2D eigenvalue weighted by Crippen LogP contribution is 2.18. The first kappa shape index (κ1) is 17.8. The van der Waals surface area contributed by atoms with Crippen LogP contribution in [-0.4, -0.2) is 91.2 Å². The lowest BCUT2D eigenvalue weighted by atomic mass is 10.1. The molecule has 3 heterocycles. The van der Waals surface area contributed by atoms with Crippen LogP contribution in [0.25, 0.3) is 0 Å². The Morgan fingerprint density at radius 3 is 2.75 bits per heavy atom. The smallest absolute Gasteiger partial charge is 0.273 e. The molecule has 0 saturated carbocycles. The summed E-state index contributed by atoms with van der Waals surface area (Å²) in [5.74, 6) is 0.0847. The molecule has 0 radical (unpaired) electrons. The highest BCUT2D eigenvalue weighted by molar-refractivity contribution is 7.07. The van der Waals surface area contributed by atoms with E-state index in [0.29, 0.717) is 11.7 Å². The van der Waals surface area contributed by atoms with E-state index in [1.165, 1.54) is 11.3 Å². The van der Waals surface area contributed by atoms with Crippen molar-refractivity contribution in [3.05, 3.63) is 16.6 Å². The van der Waals surface area contributed by atoms with Crippen LogP contribution in [0.4, 0.5) is 0 Å². The minimum Gasteiger partial charge on any atom is -0.381 e. The van der Waals surface area contributed by atoms with Crippen molar-refractivity contribution in [3.63, 3.8) is 0 Å². The van der Waals surface area contributed by atoms with E-state index in [0.717, 1.165) is 71.7 Å². The lowest BCUT2D eigenvalue weighted by Gasteiger charge is -2.36. The third-order valence-corrected chi connectivity index (χ3v) is 5.60. The summed E-state index contributed by atoms with van der Waals surface area (Å²) in [5, 5.41) is 1.86. The Bertz CT molecular complexity index is 497. The SMILES string of the molecule is CN1CCN(CCCN(C(=O)c2cscn2)C2CCOCC2)CC1. The predicted octanol–water partition coefficient (Wildman–Crippen LogP) is 1.40. The Balaban J connectivity index is 1.54. The van der Waals surface area contributed by atoms with E-state index >= 15 is 0 Å². The lowest BCUT2D eigenvalue weighted by molar-refractivity contribution is 0.0273. The molecule has 7 heteroatoms. The summed E-state index contributed by atoms with van der Waals surface area (Å²) >= 11 is 1.48. The topological polar surface area (TPSA) is 48.9 Å². The molecular weight excluding hydrogens is 324 g/mol. The first-order valence-electron chi connectivity index (χ1n) is 8.92. The second-order valence-electron chi connectivity index (χ2n) is 6.71. The predicted molar refractivity (Wildman–Crippen MR) is 95.5 cm³/mol. The van der Waals surface area contributed by atoms with Crippen LogP contribution in [0.15, 0.2) is 10.9 Å². The van der Waals surface area contributed by atoms with Gasteiger partial charge in [-0.3, -0.25) is 4.79 Å². The molecule has 1 aromatic heterocycles. The van der Waals surface area contributed by atoms with Crippen molar-refractivity contribution < 1.29 is 9.53 Å². The molecule has 1 aromatic rings. The molecule has 0 bridgehead atoms. The molecule has 24 heavy (non-hydrogen) atoms. The van der Waals surface area contributed by atoms with E-state index in [1.807, 2.05) is 10.3 Å². The van der Waals surface area contributed by atoms with Crippen molar-refractivity contribution in [1.82, 2.24) is 19.7 Å². The van der Waals surface area contributed by atoms with Gasteiger partial charge in [-0.15, -0.1) is 11.3 Å². The fourth-order valence-electron chi connectivity index (χ4n) is 3.45. The second kappa shape index (κ2) is 8.89. The van der Waals surface area contributed by atoms with Gasteiger partial charge in [0.1, 0.15) is 5.69 Å². The maximum absolute atomic E-state index is 12.8. The Labute approximate surface area is 148 Å². The lowest BCUT2D eigenvalue weighted by Crippen LogP contribution is -2.47. The maximum Gasteiger partial charge on any atom is 0.273 e. The normalized spacial score (nSPS) is 21.0. The zero-order valence-corrected chi connectivity index (χ0v) is 15.3. The number of hydrogen-bond donors (Lipinski definition) is 0. The van der Waals surface area contributed by atoms with Gasteiger partial charge in [0, 0.05) is 57.4 Å². The third kappa shape index (κ3) is 4.75. The van der Waals surface area contributed by atoms with Crippen molar-refractivity contribution in [2.45, 2.75) is 25.3 Å². The molecule has 0 N–H and O–H groups in total. The van der Waals surface area contributed by atoms with Crippen molar-refractivity contribution in [2.75, 3.05) is 59.5 Å². The fraction of sp³-hybridized carbons (Fsp3) is 0.765. The Kier molecular flexibility index (Phi) is 6.59. The third-order valence-electron chi connectivity index (χ3n) is 5.01. The zero-order chi connectivity index (χ0) is 16.8. The number of carbonyl (C=O) groups excluding carboxylic acids is 1. The van der Waals surface area contributed by atoms with Crippen LogP contribution in [0.3, 0.4) is 0 Å². The Hall–Kier alpha value is -1.02. The van der Waals surface area contributed by atoms with E-state index in [-0.39, 0.29) is 5.91 Å². The zero-order valence-electron chi connectivity index (χ0n) is 14.5. The maximum atomic E-state index is 12.8. The summed E-state index contributed by atoms with van der Waals surface area (Å²) in [5.41, 5.74) is 2.32. The van der Waals surface area contributed by atoms with Gasteiger partial charge in [-0.2, -0.15) is 0 Å². The van der Waals surface area contributed by atoms with Gasteiger partial charge in [0.15, 0.2) is 0 Å². The summed E-state index contributed by atoms with van der Waals surface area (Å²) in [7, 11) is 2.18. The van der Waals surface area contributed by atoms with Crippen LogP contribution in [-0.2, 0) is 4.74 Å². The van der Waals surface area contributed by atoms with Crippen molar-refractivity contribution in [2.24, 2.45) is 0 Å². The average Bonchev–Trinajstić information content (AvgIpc) is 3.15. The summed E-state index contributed by atoms with van der Waals surface area (Å²) in [6.07, 6.45) is 2.89. The number of thiazole rings is 1. The molecule has 2 aliphatic heterocycles.